The molecule has 0 spiro atoms. The van der Waals surface area contributed by atoms with Crippen molar-refractivity contribution in [3.63, 3.8) is 0 Å². The summed E-state index contributed by atoms with van der Waals surface area (Å²) >= 11 is 0. The molecule has 0 fully saturated rings. The summed E-state index contributed by atoms with van der Waals surface area (Å²) in [6.45, 7) is 5.42. The van der Waals surface area contributed by atoms with Crippen LogP contribution in [0.4, 0.5) is 17.1 Å². The number of nitro benzene ring substituents is 2. The van der Waals surface area contributed by atoms with Crippen LogP contribution in [0.2, 0.25) is 0 Å². The Morgan fingerprint density at radius 1 is 0.827 bits per heavy atom. The molecule has 3 aromatic rings. The number of benzene rings is 2. The zero-order valence-electron chi connectivity index (χ0n) is 30.3. The van der Waals surface area contributed by atoms with E-state index in [4.69, 9.17) is 18.4 Å². The molecule has 16 nitrogen and oxygen atoms in total. The van der Waals surface area contributed by atoms with Crippen LogP contribution in [0, 0.1) is 20.2 Å². The second-order valence-electron chi connectivity index (χ2n) is 12.7. The number of non-ortho nitro benzene ring substituents is 2. The van der Waals surface area contributed by atoms with E-state index in [-0.39, 0.29) is 59.9 Å². The van der Waals surface area contributed by atoms with Crippen molar-refractivity contribution in [3.8, 4) is 5.75 Å². The first-order valence-corrected chi connectivity index (χ1v) is 20.1. The highest BCUT2D eigenvalue weighted by molar-refractivity contribution is 7.54. The molecule has 52 heavy (non-hydrogen) atoms. The number of nitrogens with one attached hydrogen (secondary N) is 2. The van der Waals surface area contributed by atoms with Crippen molar-refractivity contribution in [1.29, 1.82) is 0 Å². The molecule has 1 heterocycles. The molecule has 0 bridgehead atoms. The second kappa shape index (κ2) is 23.4. The maximum Gasteiger partial charge on any atom is 0.379 e. The van der Waals surface area contributed by atoms with E-state index in [1.54, 1.807) is 6.07 Å². The molecule has 2 unspecified atom stereocenters. The lowest BCUT2D eigenvalue weighted by Gasteiger charge is -2.24. The summed E-state index contributed by atoms with van der Waals surface area (Å²) in [6, 6.07) is 7.72. The van der Waals surface area contributed by atoms with Gasteiger partial charge in [-0.15, -0.1) is 0 Å². The minimum absolute atomic E-state index is 0.0758. The molecule has 2 N–H and O–H groups in total. The lowest BCUT2D eigenvalue weighted by Crippen LogP contribution is -2.41. The minimum Gasteiger partial charge on any atom is -0.424 e. The highest BCUT2D eigenvalue weighted by Gasteiger charge is 2.28. The number of carbonyl (C=O) groups is 1. The van der Waals surface area contributed by atoms with Gasteiger partial charge in [-0.05, 0) is 54.2 Å². The van der Waals surface area contributed by atoms with Crippen LogP contribution in [-0.2, 0) is 18.6 Å². The fourth-order valence-electron chi connectivity index (χ4n) is 5.46. The lowest BCUT2D eigenvalue weighted by atomic mass is 10.1. The number of hydrogen-bond donors (Lipinski definition) is 2. The van der Waals surface area contributed by atoms with Crippen molar-refractivity contribution in [1.82, 2.24) is 15.6 Å². The van der Waals surface area contributed by atoms with Gasteiger partial charge in [0, 0.05) is 37.8 Å². The summed E-state index contributed by atoms with van der Waals surface area (Å²) in [6.07, 6.45) is 12.6. The number of fused-ring (bicyclic) bond motifs is 1. The summed E-state index contributed by atoms with van der Waals surface area (Å²) in [5.74, 6) is 0.0130. The van der Waals surface area contributed by atoms with Crippen molar-refractivity contribution in [3.05, 3.63) is 56.6 Å². The topological polar surface area (TPSA) is 211 Å². The molecular formula is C35H53N6O10P. The van der Waals surface area contributed by atoms with Gasteiger partial charge in [0.05, 0.1) is 41.0 Å². The Kier molecular flexibility index (Phi) is 19.0. The van der Waals surface area contributed by atoms with E-state index in [1.807, 2.05) is 0 Å². The summed E-state index contributed by atoms with van der Waals surface area (Å²) in [5.41, 5.74) is 0.637. The van der Waals surface area contributed by atoms with Gasteiger partial charge < -0.3 is 19.9 Å². The normalized spacial score (nSPS) is 13.0. The van der Waals surface area contributed by atoms with E-state index in [0.717, 1.165) is 51.4 Å². The van der Waals surface area contributed by atoms with Crippen molar-refractivity contribution in [2.45, 2.75) is 110 Å². The van der Waals surface area contributed by atoms with Gasteiger partial charge in [-0.1, -0.05) is 71.6 Å². The van der Waals surface area contributed by atoms with Crippen LogP contribution in [0.25, 0.3) is 11.0 Å². The Balaban J connectivity index is 1.53. The molecule has 0 saturated carbocycles. The van der Waals surface area contributed by atoms with E-state index < -0.39 is 23.5 Å². The molecule has 2 atom stereocenters. The minimum atomic E-state index is -3.69. The van der Waals surface area contributed by atoms with Crippen LogP contribution in [-0.4, -0.2) is 64.6 Å². The van der Waals surface area contributed by atoms with Gasteiger partial charge in [-0.3, -0.25) is 29.5 Å². The predicted molar refractivity (Wildman–Crippen MR) is 198 cm³/mol. The molecule has 17 heteroatoms. The molecule has 0 aliphatic rings. The first-order valence-electron chi connectivity index (χ1n) is 18.3. The maximum atomic E-state index is 14.0. The number of aromatic nitrogens is 2. The highest BCUT2D eigenvalue weighted by Crippen LogP contribution is 2.49. The number of rotatable bonds is 29. The summed E-state index contributed by atoms with van der Waals surface area (Å²) in [7, 11) is -3.69. The number of hydrogen-bond acceptors (Lipinski definition) is 13. The number of carbonyl (C=O) groups excluding carboxylic acids is 1. The Morgan fingerprint density at radius 2 is 1.50 bits per heavy atom. The van der Waals surface area contributed by atoms with E-state index in [0.29, 0.717) is 31.7 Å². The van der Waals surface area contributed by atoms with Crippen molar-refractivity contribution >= 4 is 41.6 Å². The first-order chi connectivity index (χ1) is 25.2. The van der Waals surface area contributed by atoms with Gasteiger partial charge in [0.2, 0.25) is 11.4 Å². The fraction of sp³-hybridized carbons (Fsp3) is 0.629. The number of unbranched alkanes of at least 4 members (excludes halogenated alkanes) is 10. The summed E-state index contributed by atoms with van der Waals surface area (Å²) in [4.78, 5) is 34.3. The quantitative estimate of drug-likeness (QED) is 0.0295. The van der Waals surface area contributed by atoms with Gasteiger partial charge in [0.1, 0.15) is 5.75 Å². The van der Waals surface area contributed by atoms with Crippen LogP contribution in [0.15, 0.2) is 41.0 Å². The molecule has 1 aromatic heterocycles. The first kappa shape index (κ1) is 42.3. The molecule has 2 aromatic carbocycles. The Morgan fingerprint density at radius 3 is 2.21 bits per heavy atom. The van der Waals surface area contributed by atoms with E-state index in [2.05, 4.69) is 34.8 Å². The Bertz CT molecular complexity index is 1570. The zero-order chi connectivity index (χ0) is 37.6. The third-order valence-electron chi connectivity index (χ3n) is 8.36. The van der Waals surface area contributed by atoms with Crippen LogP contribution >= 0.6 is 7.60 Å². The largest absolute Gasteiger partial charge is 0.424 e. The van der Waals surface area contributed by atoms with Gasteiger partial charge in [0.15, 0.2) is 5.52 Å². The summed E-state index contributed by atoms with van der Waals surface area (Å²) in [5, 5.41) is 35.9. The monoisotopic (exact) mass is 748 g/mol. The van der Waals surface area contributed by atoms with Crippen LogP contribution in [0.1, 0.15) is 104 Å². The number of nitro groups is 2. The molecule has 288 valence electrons. The van der Waals surface area contributed by atoms with Gasteiger partial charge in [-0.2, -0.15) is 0 Å². The van der Waals surface area contributed by atoms with E-state index in [9.17, 15) is 29.6 Å². The summed E-state index contributed by atoms with van der Waals surface area (Å²) < 4.78 is 36.4. The lowest BCUT2D eigenvalue weighted by molar-refractivity contribution is -0.384. The van der Waals surface area contributed by atoms with Crippen molar-refractivity contribution in [2.24, 2.45) is 0 Å². The Labute approximate surface area is 304 Å². The standard InChI is InChI=1S/C35H53N6O10P/c1-3-5-7-9-10-14-24-48-26-28(27-49-52(47,25-15-8-6-4-2)50-30-19-17-29(18-20-30)40(43)44)37-33(42)16-12-11-13-23-36-31-21-22-32(41(45)46)35-34(31)38-51-39-35/h17-22,28,36H,3-16,23-27H2,1-2H3,(H,37,42). The van der Waals surface area contributed by atoms with Gasteiger partial charge >= 0.3 is 13.3 Å². The zero-order valence-corrected chi connectivity index (χ0v) is 31.2. The van der Waals surface area contributed by atoms with Crippen LogP contribution in [0.3, 0.4) is 0 Å². The van der Waals surface area contributed by atoms with E-state index in [1.165, 1.54) is 49.6 Å². The van der Waals surface area contributed by atoms with Gasteiger partial charge in [0.25, 0.3) is 5.69 Å². The van der Waals surface area contributed by atoms with Crippen molar-refractivity contribution < 1.29 is 37.6 Å². The highest BCUT2D eigenvalue weighted by atomic mass is 31.2. The SMILES string of the molecule is CCCCCCCCOCC(COP(=O)(CCCCCC)Oc1ccc([N+](=O)[O-])cc1)NC(=O)CCCCCNc1ccc([N+](=O)[O-])c2nonc12. The Hall–Kier alpha value is -4.14. The maximum absolute atomic E-state index is 14.0. The number of amides is 1. The van der Waals surface area contributed by atoms with Crippen LogP contribution < -0.4 is 15.2 Å². The predicted octanol–water partition coefficient (Wildman–Crippen LogP) is 8.74. The van der Waals surface area contributed by atoms with E-state index >= 15 is 0 Å². The molecule has 0 aliphatic heterocycles. The smallest absolute Gasteiger partial charge is 0.379 e. The third kappa shape index (κ3) is 15.2. The molecule has 0 aliphatic carbocycles. The molecule has 3 rings (SSSR count). The van der Waals surface area contributed by atoms with Crippen molar-refractivity contribution in [2.75, 3.05) is 37.8 Å². The fourth-order valence-corrected chi connectivity index (χ4v) is 7.19. The molecule has 0 radical (unpaired) electrons. The molecule has 1 amide bonds. The van der Waals surface area contributed by atoms with Crippen LogP contribution in [0.5, 0.6) is 5.75 Å². The second-order valence-corrected chi connectivity index (χ2v) is 14.8. The molecular weight excluding hydrogens is 695 g/mol. The average Bonchev–Trinajstić information content (AvgIpc) is 3.62. The van der Waals surface area contributed by atoms with Gasteiger partial charge in [-0.25, -0.2) is 9.19 Å². The third-order valence-corrected chi connectivity index (χ3v) is 10.3. The number of ether oxygens (including phenoxy) is 1. The molecule has 0 saturated heterocycles. The number of anilines is 1. The number of nitrogens with zero attached hydrogens (tertiary/aromatic N) is 4. The average molecular weight is 749 g/mol.